The van der Waals surface area contributed by atoms with Gasteiger partial charge < -0.3 is 5.32 Å². The standard InChI is InChI=1S/C15H18N2OS/c1-11(2)13-6-3-12(4-7-13)5-8-14(18)17-15-16-9-10-19-15/h3-4,6-7,9-11H,5,8H2,1-2H3,(H,16,17,18). The number of aromatic nitrogens is 1. The van der Waals surface area contributed by atoms with Crippen LogP contribution < -0.4 is 5.32 Å². The molecule has 19 heavy (non-hydrogen) atoms. The highest BCUT2D eigenvalue weighted by molar-refractivity contribution is 7.13. The predicted octanol–water partition coefficient (Wildman–Crippen LogP) is 3.84. The Morgan fingerprint density at radius 3 is 2.63 bits per heavy atom. The zero-order valence-electron chi connectivity index (χ0n) is 11.2. The molecule has 0 aliphatic carbocycles. The van der Waals surface area contributed by atoms with Crippen LogP contribution in [-0.2, 0) is 11.2 Å². The van der Waals surface area contributed by atoms with Gasteiger partial charge in [-0.1, -0.05) is 38.1 Å². The van der Waals surface area contributed by atoms with Gasteiger partial charge in [-0.05, 0) is 23.5 Å². The van der Waals surface area contributed by atoms with Gasteiger partial charge >= 0.3 is 0 Å². The summed E-state index contributed by atoms with van der Waals surface area (Å²) in [7, 11) is 0. The van der Waals surface area contributed by atoms with Gasteiger partial charge in [0.2, 0.25) is 5.91 Å². The first-order chi connectivity index (χ1) is 9.15. The molecule has 100 valence electrons. The summed E-state index contributed by atoms with van der Waals surface area (Å²) in [6.07, 6.45) is 2.93. The molecule has 0 radical (unpaired) electrons. The molecule has 1 N–H and O–H groups in total. The molecule has 0 bridgehead atoms. The molecule has 2 aromatic rings. The Balaban J connectivity index is 1.83. The normalized spacial score (nSPS) is 10.7. The topological polar surface area (TPSA) is 42.0 Å². The number of benzene rings is 1. The minimum Gasteiger partial charge on any atom is -0.302 e. The number of nitrogens with zero attached hydrogens (tertiary/aromatic N) is 1. The molecule has 0 spiro atoms. The fourth-order valence-corrected chi connectivity index (χ4v) is 2.34. The Morgan fingerprint density at radius 2 is 2.05 bits per heavy atom. The molecule has 4 heteroatoms. The molecule has 0 saturated heterocycles. The van der Waals surface area contributed by atoms with Crippen LogP contribution in [-0.4, -0.2) is 10.9 Å². The van der Waals surface area contributed by atoms with Crippen LogP contribution in [0.5, 0.6) is 0 Å². The van der Waals surface area contributed by atoms with Crippen molar-refractivity contribution in [1.29, 1.82) is 0 Å². The lowest BCUT2D eigenvalue weighted by Gasteiger charge is -2.06. The molecule has 1 amide bonds. The number of thiazole rings is 1. The number of aryl methyl sites for hydroxylation is 1. The van der Waals surface area contributed by atoms with Crippen molar-refractivity contribution in [2.45, 2.75) is 32.6 Å². The highest BCUT2D eigenvalue weighted by Crippen LogP contribution is 2.16. The molecule has 0 aliphatic rings. The van der Waals surface area contributed by atoms with Crippen molar-refractivity contribution in [2.24, 2.45) is 0 Å². The average Bonchev–Trinajstić information content (AvgIpc) is 2.89. The predicted molar refractivity (Wildman–Crippen MR) is 79.6 cm³/mol. The summed E-state index contributed by atoms with van der Waals surface area (Å²) < 4.78 is 0. The van der Waals surface area contributed by atoms with Gasteiger partial charge in [0.1, 0.15) is 0 Å². The van der Waals surface area contributed by atoms with Gasteiger partial charge in [0, 0.05) is 18.0 Å². The van der Waals surface area contributed by atoms with E-state index in [1.807, 2.05) is 5.38 Å². The number of anilines is 1. The lowest BCUT2D eigenvalue weighted by molar-refractivity contribution is -0.116. The van der Waals surface area contributed by atoms with E-state index in [-0.39, 0.29) is 5.91 Å². The first-order valence-corrected chi connectivity index (χ1v) is 7.31. The lowest BCUT2D eigenvalue weighted by atomic mass is 10.0. The van der Waals surface area contributed by atoms with Crippen LogP contribution in [0.3, 0.4) is 0 Å². The largest absolute Gasteiger partial charge is 0.302 e. The van der Waals surface area contributed by atoms with E-state index in [0.29, 0.717) is 17.5 Å². The molecule has 1 aromatic carbocycles. The number of rotatable bonds is 5. The van der Waals surface area contributed by atoms with E-state index < -0.39 is 0 Å². The third-order valence-electron chi connectivity index (χ3n) is 2.97. The summed E-state index contributed by atoms with van der Waals surface area (Å²) in [6, 6.07) is 8.48. The molecule has 0 atom stereocenters. The summed E-state index contributed by atoms with van der Waals surface area (Å²) in [4.78, 5) is 15.7. The molecule has 0 saturated carbocycles. The van der Waals surface area contributed by atoms with Gasteiger partial charge in [0.25, 0.3) is 0 Å². The Kier molecular flexibility index (Phi) is 4.68. The SMILES string of the molecule is CC(C)c1ccc(CCC(=O)Nc2nccs2)cc1. The summed E-state index contributed by atoms with van der Waals surface area (Å²) in [5, 5.41) is 5.30. The van der Waals surface area contributed by atoms with Gasteiger partial charge in [-0.25, -0.2) is 4.98 Å². The van der Waals surface area contributed by atoms with E-state index in [2.05, 4.69) is 48.4 Å². The first-order valence-electron chi connectivity index (χ1n) is 6.43. The molecule has 0 unspecified atom stereocenters. The smallest absolute Gasteiger partial charge is 0.226 e. The summed E-state index contributed by atoms with van der Waals surface area (Å²) >= 11 is 1.44. The second-order valence-electron chi connectivity index (χ2n) is 4.78. The fourth-order valence-electron chi connectivity index (χ4n) is 1.79. The van der Waals surface area contributed by atoms with Crippen molar-refractivity contribution in [1.82, 2.24) is 4.98 Å². The number of carbonyl (C=O) groups is 1. The van der Waals surface area contributed by atoms with Crippen LogP contribution in [0.4, 0.5) is 5.13 Å². The third-order valence-corrected chi connectivity index (χ3v) is 3.65. The van der Waals surface area contributed by atoms with E-state index in [9.17, 15) is 4.79 Å². The summed E-state index contributed by atoms with van der Waals surface area (Å²) in [6.45, 7) is 4.35. The van der Waals surface area contributed by atoms with Crippen molar-refractivity contribution in [3.05, 3.63) is 47.0 Å². The number of hydrogen-bond acceptors (Lipinski definition) is 3. The Labute approximate surface area is 117 Å². The summed E-state index contributed by atoms with van der Waals surface area (Å²) in [5.41, 5.74) is 2.52. The molecule has 0 aliphatic heterocycles. The zero-order valence-corrected chi connectivity index (χ0v) is 12.0. The number of hydrogen-bond donors (Lipinski definition) is 1. The van der Waals surface area contributed by atoms with Crippen molar-refractivity contribution in [3.63, 3.8) is 0 Å². The number of carbonyl (C=O) groups excluding carboxylic acids is 1. The van der Waals surface area contributed by atoms with Crippen LogP contribution >= 0.6 is 11.3 Å². The van der Waals surface area contributed by atoms with Crippen LogP contribution in [0.25, 0.3) is 0 Å². The van der Waals surface area contributed by atoms with Gasteiger partial charge in [0.05, 0.1) is 0 Å². The quantitative estimate of drug-likeness (QED) is 0.900. The van der Waals surface area contributed by atoms with Gasteiger partial charge in [-0.2, -0.15) is 0 Å². The molecular weight excluding hydrogens is 256 g/mol. The monoisotopic (exact) mass is 274 g/mol. The molecule has 3 nitrogen and oxygen atoms in total. The van der Waals surface area contributed by atoms with E-state index in [4.69, 9.17) is 0 Å². The van der Waals surface area contributed by atoms with E-state index in [1.54, 1.807) is 6.20 Å². The molecular formula is C15H18N2OS. The minimum atomic E-state index is 0.0166. The van der Waals surface area contributed by atoms with Gasteiger partial charge in [0.15, 0.2) is 5.13 Å². The third kappa shape index (κ3) is 4.17. The molecule has 0 fully saturated rings. The van der Waals surface area contributed by atoms with Crippen LogP contribution in [0.2, 0.25) is 0 Å². The lowest BCUT2D eigenvalue weighted by Crippen LogP contribution is -2.12. The van der Waals surface area contributed by atoms with Gasteiger partial charge in [-0.15, -0.1) is 11.3 Å². The fraction of sp³-hybridized carbons (Fsp3) is 0.333. The highest BCUT2D eigenvalue weighted by Gasteiger charge is 2.05. The van der Waals surface area contributed by atoms with Crippen molar-refractivity contribution >= 4 is 22.4 Å². The second kappa shape index (κ2) is 6.48. The highest BCUT2D eigenvalue weighted by atomic mass is 32.1. The first kappa shape index (κ1) is 13.7. The van der Waals surface area contributed by atoms with Crippen LogP contribution in [0.15, 0.2) is 35.8 Å². The maximum absolute atomic E-state index is 11.7. The van der Waals surface area contributed by atoms with E-state index >= 15 is 0 Å². The van der Waals surface area contributed by atoms with E-state index in [1.165, 1.54) is 22.5 Å². The molecule has 1 heterocycles. The molecule has 1 aromatic heterocycles. The van der Waals surface area contributed by atoms with Crippen molar-refractivity contribution < 1.29 is 4.79 Å². The van der Waals surface area contributed by atoms with Gasteiger partial charge in [-0.3, -0.25) is 4.79 Å². The zero-order chi connectivity index (χ0) is 13.7. The second-order valence-corrected chi connectivity index (χ2v) is 5.68. The number of nitrogens with one attached hydrogen (secondary N) is 1. The van der Waals surface area contributed by atoms with Crippen LogP contribution in [0, 0.1) is 0 Å². The Hall–Kier alpha value is -1.68. The maximum atomic E-state index is 11.7. The maximum Gasteiger partial charge on any atom is 0.226 e. The van der Waals surface area contributed by atoms with Crippen LogP contribution in [0.1, 0.15) is 37.3 Å². The minimum absolute atomic E-state index is 0.0166. The van der Waals surface area contributed by atoms with Crippen molar-refractivity contribution in [2.75, 3.05) is 5.32 Å². The number of amides is 1. The van der Waals surface area contributed by atoms with E-state index in [0.717, 1.165) is 6.42 Å². The molecule has 2 rings (SSSR count). The Morgan fingerprint density at radius 1 is 1.32 bits per heavy atom. The Bertz CT molecular complexity index is 518. The summed E-state index contributed by atoms with van der Waals surface area (Å²) in [5.74, 6) is 0.560. The average molecular weight is 274 g/mol. The van der Waals surface area contributed by atoms with Crippen molar-refractivity contribution in [3.8, 4) is 0 Å².